The van der Waals surface area contributed by atoms with Gasteiger partial charge in [-0.3, -0.25) is 0 Å². The maximum Gasteiger partial charge on any atom is 0.116 e. The van der Waals surface area contributed by atoms with Crippen molar-refractivity contribution >= 4 is 22.1 Å². The van der Waals surface area contributed by atoms with Crippen molar-refractivity contribution in [3.05, 3.63) is 60.7 Å². The van der Waals surface area contributed by atoms with E-state index in [1.807, 2.05) is 0 Å². The highest BCUT2D eigenvalue weighted by molar-refractivity contribution is 5.84. The summed E-state index contributed by atoms with van der Waals surface area (Å²) in [4.78, 5) is 0. The van der Waals surface area contributed by atoms with Crippen molar-refractivity contribution < 1.29 is 10.2 Å². The Balaban J connectivity index is 0.000000160. The number of fused-ring (bicyclic) bond motifs is 1. The minimum Gasteiger partial charge on any atom is -0.508 e. The van der Waals surface area contributed by atoms with Crippen LogP contribution in [0.5, 0.6) is 11.5 Å². The van der Waals surface area contributed by atoms with E-state index in [1.54, 1.807) is 60.7 Å². The van der Waals surface area contributed by atoms with Gasteiger partial charge in [-0.1, -0.05) is 12.1 Å². The molecule has 0 bridgehead atoms. The summed E-state index contributed by atoms with van der Waals surface area (Å²) in [7, 11) is 0. The van der Waals surface area contributed by atoms with Crippen LogP contribution >= 0.6 is 0 Å². The van der Waals surface area contributed by atoms with Gasteiger partial charge in [0, 0.05) is 11.4 Å². The number of aromatic hydroxyl groups is 2. The van der Waals surface area contributed by atoms with E-state index in [-0.39, 0.29) is 11.5 Å². The third kappa shape index (κ3) is 3.55. The Morgan fingerprint density at radius 2 is 0.900 bits per heavy atom. The van der Waals surface area contributed by atoms with E-state index in [9.17, 15) is 0 Å². The highest BCUT2D eigenvalue weighted by atomic mass is 16.3. The molecule has 0 unspecified atom stereocenters. The van der Waals surface area contributed by atoms with Gasteiger partial charge in [0.05, 0.1) is 0 Å². The van der Waals surface area contributed by atoms with Gasteiger partial charge in [-0.25, -0.2) is 0 Å². The molecule has 0 saturated carbocycles. The topological polar surface area (TPSA) is 92.5 Å². The molecule has 0 aliphatic carbocycles. The maximum absolute atomic E-state index is 9.14. The maximum atomic E-state index is 9.14. The highest BCUT2D eigenvalue weighted by Crippen LogP contribution is 2.23. The molecule has 3 aromatic carbocycles. The predicted molar refractivity (Wildman–Crippen MR) is 82.5 cm³/mol. The van der Waals surface area contributed by atoms with Gasteiger partial charge < -0.3 is 21.7 Å². The second-order valence-corrected chi connectivity index (χ2v) is 4.38. The van der Waals surface area contributed by atoms with Crippen molar-refractivity contribution in [2.24, 2.45) is 0 Å². The van der Waals surface area contributed by atoms with Crippen molar-refractivity contribution in [3.63, 3.8) is 0 Å². The lowest BCUT2D eigenvalue weighted by atomic mass is 10.1. The zero-order valence-electron chi connectivity index (χ0n) is 10.8. The first-order valence-electron chi connectivity index (χ1n) is 6.07. The highest BCUT2D eigenvalue weighted by Gasteiger charge is 1.95. The molecule has 3 aromatic rings. The molecule has 0 amide bonds. The van der Waals surface area contributed by atoms with E-state index in [2.05, 4.69) is 0 Å². The Kier molecular flexibility index (Phi) is 3.96. The smallest absolute Gasteiger partial charge is 0.116 e. The fourth-order valence-electron chi connectivity index (χ4n) is 1.72. The Labute approximate surface area is 116 Å². The molecule has 0 fully saturated rings. The molecule has 0 aromatic heterocycles. The Morgan fingerprint density at radius 1 is 0.550 bits per heavy atom. The number of benzene rings is 3. The van der Waals surface area contributed by atoms with Crippen LogP contribution in [0.2, 0.25) is 0 Å². The normalized spacial score (nSPS) is 9.80. The van der Waals surface area contributed by atoms with Crippen LogP contribution in [0.25, 0.3) is 10.8 Å². The summed E-state index contributed by atoms with van der Waals surface area (Å²) in [6, 6.07) is 17.2. The van der Waals surface area contributed by atoms with Gasteiger partial charge in [0.25, 0.3) is 0 Å². The van der Waals surface area contributed by atoms with Crippen molar-refractivity contribution in [1.29, 1.82) is 0 Å². The monoisotopic (exact) mass is 268 g/mol. The van der Waals surface area contributed by atoms with Crippen LogP contribution in [-0.2, 0) is 0 Å². The van der Waals surface area contributed by atoms with Crippen LogP contribution in [-0.4, -0.2) is 10.2 Å². The van der Waals surface area contributed by atoms with Gasteiger partial charge in [-0.05, 0) is 59.3 Å². The average molecular weight is 268 g/mol. The molecular weight excluding hydrogens is 252 g/mol. The summed E-state index contributed by atoms with van der Waals surface area (Å²) in [6.45, 7) is 0. The molecule has 0 atom stereocenters. The molecular formula is C16H16N2O2. The zero-order chi connectivity index (χ0) is 14.5. The molecule has 20 heavy (non-hydrogen) atoms. The molecule has 0 radical (unpaired) electrons. The van der Waals surface area contributed by atoms with Gasteiger partial charge in [0.1, 0.15) is 11.5 Å². The van der Waals surface area contributed by atoms with Crippen molar-refractivity contribution in [3.8, 4) is 11.5 Å². The fraction of sp³-hybridized carbons (Fsp3) is 0. The van der Waals surface area contributed by atoms with Crippen LogP contribution in [0.3, 0.4) is 0 Å². The number of phenolic OH excluding ortho intramolecular Hbond substituents is 2. The quantitative estimate of drug-likeness (QED) is 0.471. The molecule has 0 heterocycles. The summed E-state index contributed by atoms with van der Waals surface area (Å²) < 4.78 is 0. The molecule has 102 valence electrons. The number of hydrogen-bond donors (Lipinski definition) is 4. The van der Waals surface area contributed by atoms with Gasteiger partial charge >= 0.3 is 0 Å². The second kappa shape index (κ2) is 5.84. The summed E-state index contributed by atoms with van der Waals surface area (Å²) in [5.41, 5.74) is 12.2. The summed E-state index contributed by atoms with van der Waals surface area (Å²) in [5.74, 6) is 0.487. The van der Waals surface area contributed by atoms with Gasteiger partial charge in [-0.15, -0.1) is 0 Å². The Morgan fingerprint density at radius 3 is 1.25 bits per heavy atom. The number of nitrogens with two attached hydrogens (primary N) is 2. The minimum atomic E-state index is 0.244. The zero-order valence-corrected chi connectivity index (χ0v) is 10.8. The molecule has 3 rings (SSSR count). The van der Waals surface area contributed by atoms with Crippen LogP contribution in [0, 0.1) is 0 Å². The Bertz CT molecular complexity index is 647. The third-order valence-corrected chi connectivity index (χ3v) is 2.74. The largest absolute Gasteiger partial charge is 0.508 e. The van der Waals surface area contributed by atoms with Crippen molar-refractivity contribution in [2.45, 2.75) is 0 Å². The number of phenols is 2. The number of nitrogen functional groups attached to an aromatic ring is 2. The van der Waals surface area contributed by atoms with Crippen LogP contribution < -0.4 is 11.5 Å². The average Bonchev–Trinajstić information content (AvgIpc) is 2.43. The van der Waals surface area contributed by atoms with Crippen LogP contribution in [0.15, 0.2) is 60.7 Å². The molecule has 4 nitrogen and oxygen atoms in total. The molecule has 0 aliphatic heterocycles. The van der Waals surface area contributed by atoms with E-state index in [0.29, 0.717) is 0 Å². The first-order valence-corrected chi connectivity index (χ1v) is 6.07. The van der Waals surface area contributed by atoms with Crippen LogP contribution in [0.1, 0.15) is 0 Å². The Hall–Kier alpha value is -2.88. The van der Waals surface area contributed by atoms with Gasteiger partial charge in [0.2, 0.25) is 0 Å². The van der Waals surface area contributed by atoms with Gasteiger partial charge in [0.15, 0.2) is 0 Å². The second-order valence-electron chi connectivity index (χ2n) is 4.38. The first kappa shape index (κ1) is 13.5. The SMILES string of the molecule is Nc1ccc(N)cc1.Oc1ccc2cc(O)ccc2c1. The van der Waals surface area contributed by atoms with E-state index in [0.717, 1.165) is 22.1 Å². The predicted octanol–water partition coefficient (Wildman–Crippen LogP) is 3.10. The van der Waals surface area contributed by atoms with Crippen molar-refractivity contribution in [2.75, 3.05) is 11.5 Å². The standard InChI is InChI=1S/C10H8O2.C6H8N2/c11-9-3-1-7-5-10(12)4-2-8(7)6-9;7-5-1-2-6(8)4-3-5/h1-6,11-12H;1-4H,7-8H2. The lowest BCUT2D eigenvalue weighted by Gasteiger charge is -1.98. The first-order chi connectivity index (χ1) is 9.54. The van der Waals surface area contributed by atoms with E-state index in [4.69, 9.17) is 21.7 Å². The summed E-state index contributed by atoms with van der Waals surface area (Å²) >= 11 is 0. The fourth-order valence-corrected chi connectivity index (χ4v) is 1.72. The molecule has 0 spiro atoms. The number of anilines is 2. The summed E-state index contributed by atoms with van der Waals surface area (Å²) in [5, 5.41) is 20.1. The number of hydrogen-bond acceptors (Lipinski definition) is 4. The molecule has 4 heteroatoms. The number of rotatable bonds is 0. The summed E-state index contributed by atoms with van der Waals surface area (Å²) in [6.07, 6.45) is 0. The van der Waals surface area contributed by atoms with E-state index >= 15 is 0 Å². The molecule has 0 aliphatic rings. The van der Waals surface area contributed by atoms with Gasteiger partial charge in [-0.2, -0.15) is 0 Å². The van der Waals surface area contributed by atoms with E-state index < -0.39 is 0 Å². The lowest BCUT2D eigenvalue weighted by molar-refractivity contribution is 0.474. The minimum absolute atomic E-state index is 0.244. The van der Waals surface area contributed by atoms with E-state index in [1.165, 1.54) is 0 Å². The molecule has 6 N–H and O–H groups in total. The third-order valence-electron chi connectivity index (χ3n) is 2.74. The van der Waals surface area contributed by atoms with Crippen molar-refractivity contribution in [1.82, 2.24) is 0 Å². The lowest BCUT2D eigenvalue weighted by Crippen LogP contribution is -1.86. The molecule has 0 saturated heterocycles. The van der Waals surface area contributed by atoms with Crippen LogP contribution in [0.4, 0.5) is 11.4 Å².